The van der Waals surface area contributed by atoms with E-state index in [9.17, 15) is 4.79 Å². The molecule has 0 heterocycles. The highest BCUT2D eigenvalue weighted by atomic mass is 35.7. The molecule has 0 saturated heterocycles. The van der Waals surface area contributed by atoms with Crippen LogP contribution in [0, 0.1) is 0 Å². The molecule has 1 atom stereocenters. The van der Waals surface area contributed by atoms with E-state index in [1.165, 1.54) is 0 Å². The van der Waals surface area contributed by atoms with Gasteiger partial charge in [-0.15, -0.1) is 0 Å². The molecule has 120 valence electrons. The molecule has 1 nitrogen and oxygen atoms in total. The van der Waals surface area contributed by atoms with Crippen molar-refractivity contribution in [2.45, 2.75) is 5.16 Å². The quantitative estimate of drug-likeness (QED) is 0.268. The lowest BCUT2D eigenvalue weighted by Gasteiger charge is -2.37. The summed E-state index contributed by atoms with van der Waals surface area (Å²) >= 11 is 12.6. The minimum atomic E-state index is -1.72. The fourth-order valence-electron chi connectivity index (χ4n) is 3.01. The van der Waals surface area contributed by atoms with Crippen LogP contribution in [0.4, 0.5) is 4.79 Å². The van der Waals surface area contributed by atoms with Crippen LogP contribution >= 0.6 is 30.1 Å². The molecule has 0 aliphatic carbocycles. The van der Waals surface area contributed by atoms with Crippen LogP contribution in [0.3, 0.4) is 0 Å². The summed E-state index contributed by atoms with van der Waals surface area (Å²) in [6.07, 6.45) is 0. The van der Waals surface area contributed by atoms with Crippen molar-refractivity contribution in [1.82, 2.24) is 0 Å². The summed E-state index contributed by atoms with van der Waals surface area (Å²) in [5.41, 5.74) is 2.87. The highest BCUT2D eigenvalue weighted by Crippen LogP contribution is 2.67. The van der Waals surface area contributed by atoms with E-state index < -0.39 is 17.4 Å². The zero-order chi connectivity index (χ0) is 17.0. The maximum atomic E-state index is 12.2. The molecule has 1 unspecified atom stereocenters. The highest BCUT2D eigenvalue weighted by molar-refractivity contribution is 8.00. The zero-order valence-corrected chi connectivity index (χ0v) is 15.2. The van der Waals surface area contributed by atoms with Crippen molar-refractivity contribution in [3.8, 4) is 0 Å². The summed E-state index contributed by atoms with van der Waals surface area (Å²) in [5.74, 6) is 0. The van der Waals surface area contributed by atoms with E-state index >= 15 is 0 Å². The van der Waals surface area contributed by atoms with Crippen LogP contribution in [0.2, 0.25) is 0 Å². The van der Waals surface area contributed by atoms with Gasteiger partial charge < -0.3 is 0 Å². The van der Waals surface area contributed by atoms with Gasteiger partial charge in [-0.3, -0.25) is 4.79 Å². The lowest BCUT2D eigenvalue weighted by atomic mass is 9.84. The van der Waals surface area contributed by atoms with Gasteiger partial charge in [0, 0.05) is 0 Å². The van der Waals surface area contributed by atoms with Crippen LogP contribution in [-0.4, -0.2) is 4.98 Å². The number of benzene rings is 3. The van der Waals surface area contributed by atoms with Crippen molar-refractivity contribution >= 4 is 35.1 Å². The maximum absolute atomic E-state index is 12.2. The number of carbonyl (C=O) groups is 1. The topological polar surface area (TPSA) is 17.1 Å². The Labute approximate surface area is 152 Å². The second-order valence-corrected chi connectivity index (χ2v) is 8.60. The summed E-state index contributed by atoms with van der Waals surface area (Å²) in [6, 6.07) is 29.5. The number of rotatable bonds is 5. The Kier molecular flexibility index (Phi) is 5.36. The Morgan fingerprint density at radius 1 is 0.667 bits per heavy atom. The number of hydrogen-bond acceptors (Lipinski definition) is 1. The molecule has 24 heavy (non-hydrogen) atoms. The maximum Gasteiger partial charge on any atom is 0.259 e. The average molecular weight is 373 g/mol. The number of halogens is 2. The molecule has 3 aromatic carbocycles. The van der Waals surface area contributed by atoms with Gasteiger partial charge in [-0.25, -0.2) is 0 Å². The molecule has 0 N–H and O–H groups in total. The molecule has 0 aliphatic rings. The first kappa shape index (κ1) is 17.2. The second kappa shape index (κ2) is 7.49. The summed E-state index contributed by atoms with van der Waals surface area (Å²) in [4.78, 5) is 11.7. The van der Waals surface area contributed by atoms with E-state index in [1.807, 2.05) is 91.0 Å². The lowest BCUT2D eigenvalue weighted by Crippen LogP contribution is -2.27. The SMILES string of the molecule is O=C(Cl)P(Cl)C(c1ccccc1)(c1ccccc1)c1ccccc1. The van der Waals surface area contributed by atoms with E-state index in [-0.39, 0.29) is 0 Å². The van der Waals surface area contributed by atoms with Gasteiger partial charge in [0.25, 0.3) is 4.98 Å². The van der Waals surface area contributed by atoms with Gasteiger partial charge >= 0.3 is 0 Å². The smallest absolute Gasteiger partial charge is 0.259 e. The molecule has 4 heteroatoms. The Morgan fingerprint density at radius 2 is 0.958 bits per heavy atom. The normalized spacial score (nSPS) is 12.6. The van der Waals surface area contributed by atoms with Gasteiger partial charge in [-0.1, -0.05) is 102 Å². The molecule has 3 aromatic rings. The van der Waals surface area contributed by atoms with E-state index in [1.54, 1.807) is 0 Å². The second-order valence-electron chi connectivity index (χ2n) is 5.34. The minimum absolute atomic E-state index is 0.511. The molecular weight excluding hydrogens is 358 g/mol. The van der Waals surface area contributed by atoms with E-state index in [2.05, 4.69) is 0 Å². The number of hydrogen-bond donors (Lipinski definition) is 0. The van der Waals surface area contributed by atoms with Gasteiger partial charge in [0.15, 0.2) is 0 Å². The number of carbonyl (C=O) groups excluding carboxylic acids is 1. The highest BCUT2D eigenvalue weighted by Gasteiger charge is 2.46. The van der Waals surface area contributed by atoms with Crippen LogP contribution < -0.4 is 0 Å². The first-order valence-electron chi connectivity index (χ1n) is 7.49. The van der Waals surface area contributed by atoms with Crippen molar-refractivity contribution in [3.05, 3.63) is 108 Å². The Morgan fingerprint density at radius 3 is 1.21 bits per heavy atom. The molecule has 0 fully saturated rings. The molecule has 0 aliphatic heterocycles. The van der Waals surface area contributed by atoms with Gasteiger partial charge in [0.05, 0.1) is 12.4 Å². The average Bonchev–Trinajstić information content (AvgIpc) is 2.65. The zero-order valence-electron chi connectivity index (χ0n) is 12.8. The molecule has 0 radical (unpaired) electrons. The summed E-state index contributed by atoms with van der Waals surface area (Å²) in [7, 11) is -1.72. The predicted octanol–water partition coefficient (Wildman–Crippen LogP) is 6.97. The van der Waals surface area contributed by atoms with Crippen LogP contribution in [0.25, 0.3) is 0 Å². The van der Waals surface area contributed by atoms with E-state index in [0.717, 1.165) is 16.7 Å². The van der Waals surface area contributed by atoms with Crippen LogP contribution in [0.15, 0.2) is 91.0 Å². The van der Waals surface area contributed by atoms with Crippen LogP contribution in [0.1, 0.15) is 16.7 Å². The largest absolute Gasteiger partial charge is 0.275 e. The molecule has 0 aromatic heterocycles. The van der Waals surface area contributed by atoms with Gasteiger partial charge in [0.1, 0.15) is 0 Å². The van der Waals surface area contributed by atoms with Crippen molar-refractivity contribution in [3.63, 3.8) is 0 Å². The summed E-state index contributed by atoms with van der Waals surface area (Å²) in [5, 5.41) is -0.792. The van der Waals surface area contributed by atoms with Crippen molar-refractivity contribution < 1.29 is 4.79 Å². The van der Waals surface area contributed by atoms with E-state index in [0.29, 0.717) is 0 Å². The standard InChI is InChI=1S/C20H15Cl2OP/c21-19(23)24(22)20(16-10-4-1-5-11-16,17-12-6-2-7-13-17)18-14-8-3-9-15-18/h1-15H. The molecule has 0 bridgehead atoms. The van der Waals surface area contributed by atoms with Gasteiger partial charge in [-0.2, -0.15) is 0 Å². The van der Waals surface area contributed by atoms with Gasteiger partial charge in [0.2, 0.25) is 0 Å². The lowest BCUT2D eigenvalue weighted by molar-refractivity contribution is 0.275. The summed E-state index contributed by atoms with van der Waals surface area (Å²) in [6.45, 7) is 0. The van der Waals surface area contributed by atoms with Crippen molar-refractivity contribution in [2.24, 2.45) is 0 Å². The third-order valence-corrected chi connectivity index (χ3v) is 7.68. The van der Waals surface area contributed by atoms with Crippen LogP contribution in [0.5, 0.6) is 0 Å². The van der Waals surface area contributed by atoms with Gasteiger partial charge in [-0.05, 0) is 28.3 Å². The first-order chi connectivity index (χ1) is 11.7. The molecule has 3 rings (SSSR count). The van der Waals surface area contributed by atoms with Crippen molar-refractivity contribution in [1.29, 1.82) is 0 Å². The Balaban J connectivity index is 2.39. The van der Waals surface area contributed by atoms with E-state index in [4.69, 9.17) is 22.8 Å². The fraction of sp³-hybridized carbons (Fsp3) is 0.0500. The predicted molar refractivity (Wildman–Crippen MR) is 103 cm³/mol. The Hall–Kier alpha value is -1.66. The molecule has 0 spiro atoms. The molecule has 0 amide bonds. The summed E-state index contributed by atoms with van der Waals surface area (Å²) < 4.78 is 0. The fourth-order valence-corrected chi connectivity index (χ4v) is 5.66. The molecular formula is C20H15Cl2OP. The first-order valence-corrected chi connectivity index (χ1v) is 10.1. The van der Waals surface area contributed by atoms with Crippen LogP contribution in [-0.2, 0) is 5.16 Å². The third kappa shape index (κ3) is 3.00. The Bertz CT molecular complexity index is 710. The minimum Gasteiger partial charge on any atom is -0.275 e. The monoisotopic (exact) mass is 372 g/mol. The molecule has 0 saturated carbocycles. The van der Waals surface area contributed by atoms with Crippen molar-refractivity contribution in [2.75, 3.05) is 0 Å². The third-order valence-electron chi connectivity index (χ3n) is 4.02.